The highest BCUT2D eigenvalue weighted by atomic mass is 32.1. The highest BCUT2D eigenvalue weighted by Crippen LogP contribution is 2.38. The van der Waals surface area contributed by atoms with Crippen LogP contribution in [0.2, 0.25) is 0 Å². The van der Waals surface area contributed by atoms with Crippen molar-refractivity contribution in [2.75, 3.05) is 26.0 Å². The monoisotopic (exact) mass is 419 g/mol. The molecule has 0 unspecified atom stereocenters. The average molecular weight is 420 g/mol. The summed E-state index contributed by atoms with van der Waals surface area (Å²) in [7, 11) is 3.69. The van der Waals surface area contributed by atoms with Gasteiger partial charge in [0, 0.05) is 24.4 Å². The van der Waals surface area contributed by atoms with Crippen LogP contribution in [0.4, 0.5) is 5.00 Å². The van der Waals surface area contributed by atoms with Gasteiger partial charge in [-0.05, 0) is 66.4 Å². The third kappa shape index (κ3) is 4.33. The molecule has 1 heterocycles. The molecule has 0 saturated heterocycles. The highest BCUT2D eigenvalue weighted by Gasteiger charge is 2.23. The number of nitrogens with one attached hydrogen (secondary N) is 1. The summed E-state index contributed by atoms with van der Waals surface area (Å²) >= 11 is 1.57. The van der Waals surface area contributed by atoms with Gasteiger partial charge >= 0.3 is 0 Å². The predicted octanol–water partition coefficient (Wildman–Crippen LogP) is 4.73. The van der Waals surface area contributed by atoms with Gasteiger partial charge in [-0.1, -0.05) is 18.2 Å². The van der Waals surface area contributed by atoms with E-state index in [9.17, 15) is 10.1 Å². The number of amides is 1. The second-order valence-corrected chi connectivity index (χ2v) is 8.86. The number of carbonyl (C=O) groups excluding carboxylic acids is 1. The van der Waals surface area contributed by atoms with Crippen molar-refractivity contribution in [3.05, 3.63) is 58.0 Å². The Balaban J connectivity index is 1.32. The first-order valence-corrected chi connectivity index (χ1v) is 11.0. The lowest BCUT2D eigenvalue weighted by Crippen LogP contribution is -2.24. The molecule has 1 aliphatic rings. The first-order valence-electron chi connectivity index (χ1n) is 10.2. The number of carbonyl (C=O) groups is 1. The first kappa shape index (κ1) is 20.4. The minimum absolute atomic E-state index is 0.0381. The first-order chi connectivity index (χ1) is 14.6. The fraction of sp³-hybridized carbons (Fsp3) is 0.333. The maximum absolute atomic E-state index is 12.4. The van der Waals surface area contributed by atoms with Gasteiger partial charge in [0.2, 0.25) is 5.91 Å². The molecule has 0 radical (unpaired) electrons. The molecule has 2 aromatic carbocycles. The van der Waals surface area contributed by atoms with E-state index in [2.05, 4.69) is 40.6 Å². The van der Waals surface area contributed by atoms with Crippen LogP contribution < -0.4 is 10.1 Å². The van der Waals surface area contributed by atoms with Gasteiger partial charge in [-0.3, -0.25) is 4.79 Å². The number of fused-ring (bicyclic) bond motifs is 2. The van der Waals surface area contributed by atoms with Crippen LogP contribution in [0.25, 0.3) is 10.8 Å². The van der Waals surface area contributed by atoms with Crippen molar-refractivity contribution in [3.8, 4) is 11.8 Å². The molecule has 3 aromatic rings. The average Bonchev–Trinajstić information content (AvgIpc) is 3.32. The van der Waals surface area contributed by atoms with Gasteiger partial charge in [0.15, 0.2) is 0 Å². The standard InChI is InChI=1S/C24H25N3O2S/c1-27(15-16-6-7-18-13-19(29-2)9-8-17(18)12-16)11-10-23(28)26-24-21(14-25)20-4-3-5-22(20)30-24/h6-9,12-13H,3-5,10-11,15H2,1-2H3,(H,26,28). The zero-order chi connectivity index (χ0) is 21.1. The summed E-state index contributed by atoms with van der Waals surface area (Å²) in [5.41, 5.74) is 3.02. The summed E-state index contributed by atoms with van der Waals surface area (Å²) in [6.45, 7) is 1.42. The van der Waals surface area contributed by atoms with E-state index >= 15 is 0 Å². The van der Waals surface area contributed by atoms with E-state index in [0.717, 1.165) is 47.5 Å². The molecular formula is C24H25N3O2S. The molecule has 30 heavy (non-hydrogen) atoms. The topological polar surface area (TPSA) is 65.4 Å². The van der Waals surface area contributed by atoms with Gasteiger partial charge < -0.3 is 15.0 Å². The number of nitrogens with zero attached hydrogens (tertiary/aromatic N) is 2. The van der Waals surface area contributed by atoms with Crippen LogP contribution in [0, 0.1) is 11.3 Å². The summed E-state index contributed by atoms with van der Waals surface area (Å²) in [5, 5.41) is 15.5. The van der Waals surface area contributed by atoms with E-state index < -0.39 is 0 Å². The summed E-state index contributed by atoms with van der Waals surface area (Å²) in [5.74, 6) is 0.817. The Morgan fingerprint density at radius 3 is 2.83 bits per heavy atom. The maximum Gasteiger partial charge on any atom is 0.226 e. The van der Waals surface area contributed by atoms with E-state index in [4.69, 9.17) is 4.74 Å². The van der Waals surface area contributed by atoms with Gasteiger partial charge in [0.1, 0.15) is 16.8 Å². The van der Waals surface area contributed by atoms with Crippen molar-refractivity contribution in [2.45, 2.75) is 32.2 Å². The Labute approximate surface area is 180 Å². The van der Waals surface area contributed by atoms with Crippen molar-refractivity contribution in [2.24, 2.45) is 0 Å². The van der Waals surface area contributed by atoms with Gasteiger partial charge in [-0.25, -0.2) is 0 Å². The smallest absolute Gasteiger partial charge is 0.226 e. The molecule has 1 amide bonds. The molecule has 0 saturated carbocycles. The number of rotatable bonds is 7. The zero-order valence-corrected chi connectivity index (χ0v) is 18.1. The Morgan fingerprint density at radius 2 is 2.03 bits per heavy atom. The Morgan fingerprint density at radius 1 is 1.23 bits per heavy atom. The Hall–Kier alpha value is -2.88. The number of anilines is 1. The van der Waals surface area contributed by atoms with E-state index in [1.807, 2.05) is 19.2 Å². The number of hydrogen-bond acceptors (Lipinski definition) is 5. The summed E-state index contributed by atoms with van der Waals surface area (Å²) in [6, 6.07) is 14.7. The minimum Gasteiger partial charge on any atom is -0.497 e. The maximum atomic E-state index is 12.4. The van der Waals surface area contributed by atoms with Gasteiger partial charge in [-0.15, -0.1) is 11.3 Å². The van der Waals surface area contributed by atoms with Crippen LogP contribution in [0.15, 0.2) is 36.4 Å². The number of hydrogen-bond donors (Lipinski definition) is 1. The Bertz CT molecular complexity index is 1130. The fourth-order valence-electron chi connectivity index (χ4n) is 3.98. The lowest BCUT2D eigenvalue weighted by atomic mass is 10.1. The van der Waals surface area contributed by atoms with Crippen molar-refractivity contribution < 1.29 is 9.53 Å². The molecule has 6 heteroatoms. The molecule has 154 valence electrons. The number of thiophene rings is 1. The minimum atomic E-state index is -0.0381. The molecule has 4 rings (SSSR count). The lowest BCUT2D eigenvalue weighted by molar-refractivity contribution is -0.116. The van der Waals surface area contributed by atoms with Gasteiger partial charge in [0.05, 0.1) is 12.7 Å². The van der Waals surface area contributed by atoms with Crippen LogP contribution in [-0.2, 0) is 24.2 Å². The molecule has 0 fully saturated rings. The number of benzene rings is 2. The van der Waals surface area contributed by atoms with Crippen LogP contribution >= 0.6 is 11.3 Å². The van der Waals surface area contributed by atoms with Crippen LogP contribution in [0.5, 0.6) is 5.75 Å². The molecular weight excluding hydrogens is 394 g/mol. The Kier molecular flexibility index (Phi) is 6.03. The molecule has 5 nitrogen and oxygen atoms in total. The second-order valence-electron chi connectivity index (χ2n) is 7.76. The molecule has 1 N–H and O–H groups in total. The number of ether oxygens (including phenoxy) is 1. The van der Waals surface area contributed by atoms with Crippen molar-refractivity contribution in [1.82, 2.24) is 4.90 Å². The van der Waals surface area contributed by atoms with E-state index in [1.54, 1.807) is 18.4 Å². The van der Waals surface area contributed by atoms with E-state index in [-0.39, 0.29) is 5.91 Å². The van der Waals surface area contributed by atoms with Crippen LogP contribution in [-0.4, -0.2) is 31.5 Å². The van der Waals surface area contributed by atoms with Crippen molar-refractivity contribution >= 4 is 33.0 Å². The SMILES string of the molecule is COc1ccc2cc(CN(C)CCC(=O)Nc3sc4c(c3C#N)CCC4)ccc2c1. The molecule has 1 aromatic heterocycles. The fourth-order valence-corrected chi connectivity index (χ4v) is 5.24. The second kappa shape index (κ2) is 8.86. The molecule has 0 atom stereocenters. The largest absolute Gasteiger partial charge is 0.497 e. The number of nitriles is 1. The molecule has 0 aliphatic heterocycles. The van der Waals surface area contributed by atoms with Crippen molar-refractivity contribution in [3.63, 3.8) is 0 Å². The summed E-state index contributed by atoms with van der Waals surface area (Å²) in [4.78, 5) is 15.8. The third-order valence-corrected chi connectivity index (χ3v) is 6.78. The lowest BCUT2D eigenvalue weighted by Gasteiger charge is -2.17. The quantitative estimate of drug-likeness (QED) is 0.601. The number of methoxy groups -OCH3 is 1. The van der Waals surface area contributed by atoms with E-state index in [1.165, 1.54) is 15.8 Å². The zero-order valence-electron chi connectivity index (χ0n) is 17.3. The van der Waals surface area contributed by atoms with E-state index in [0.29, 0.717) is 18.5 Å². The summed E-state index contributed by atoms with van der Waals surface area (Å²) < 4.78 is 5.28. The highest BCUT2D eigenvalue weighted by molar-refractivity contribution is 7.16. The molecule has 0 spiro atoms. The summed E-state index contributed by atoms with van der Waals surface area (Å²) in [6.07, 6.45) is 3.48. The predicted molar refractivity (Wildman–Crippen MR) is 121 cm³/mol. The molecule has 1 aliphatic carbocycles. The van der Waals surface area contributed by atoms with Gasteiger partial charge in [0.25, 0.3) is 0 Å². The van der Waals surface area contributed by atoms with Crippen LogP contribution in [0.1, 0.15) is 34.4 Å². The van der Waals surface area contributed by atoms with Crippen molar-refractivity contribution in [1.29, 1.82) is 5.26 Å². The van der Waals surface area contributed by atoms with Crippen LogP contribution in [0.3, 0.4) is 0 Å². The number of aryl methyl sites for hydroxylation is 1. The molecule has 0 bridgehead atoms. The van der Waals surface area contributed by atoms with Gasteiger partial charge in [-0.2, -0.15) is 5.26 Å². The normalized spacial score (nSPS) is 12.7. The third-order valence-electron chi connectivity index (χ3n) is 5.57.